The van der Waals surface area contributed by atoms with E-state index in [-0.39, 0.29) is 0 Å². The number of piperidine rings is 1. The summed E-state index contributed by atoms with van der Waals surface area (Å²) in [6, 6.07) is 23.1. The van der Waals surface area contributed by atoms with Crippen LogP contribution in [0.4, 0.5) is 0 Å². The van der Waals surface area contributed by atoms with Gasteiger partial charge in [0.1, 0.15) is 23.9 Å². The number of ether oxygens (including phenoxy) is 1. The zero-order chi connectivity index (χ0) is 30.6. The summed E-state index contributed by atoms with van der Waals surface area (Å²) >= 11 is 1.75. The molecule has 1 aliphatic rings. The maximum absolute atomic E-state index is 10.2. The van der Waals surface area contributed by atoms with Crippen molar-refractivity contribution < 1.29 is 14.3 Å². The van der Waals surface area contributed by atoms with Crippen molar-refractivity contribution in [3.8, 4) is 27.7 Å². The van der Waals surface area contributed by atoms with E-state index in [0.29, 0.717) is 22.4 Å². The lowest BCUT2D eigenvalue weighted by atomic mass is 9.99. The first kappa shape index (κ1) is 31.6. The maximum atomic E-state index is 10.2. The number of rotatable bonds is 12. The van der Waals surface area contributed by atoms with Gasteiger partial charge in [-0.3, -0.25) is 4.90 Å². The average molecular weight is 616 g/mol. The minimum absolute atomic E-state index is 0.305. The third-order valence-electron chi connectivity index (χ3n) is 9.32. The van der Waals surface area contributed by atoms with Crippen molar-refractivity contribution in [2.45, 2.75) is 83.8 Å². The van der Waals surface area contributed by atoms with E-state index in [1.54, 1.807) is 17.4 Å². The molecule has 1 aromatic heterocycles. The fourth-order valence-electron chi connectivity index (χ4n) is 7.16. The second-order valence-electron chi connectivity index (χ2n) is 13.1. The molecule has 2 heterocycles. The van der Waals surface area contributed by atoms with Gasteiger partial charge in [0.15, 0.2) is 0 Å². The molecular formula is C37H49NO3SSi. The molecule has 0 aliphatic carbocycles. The van der Waals surface area contributed by atoms with Crippen molar-refractivity contribution in [2.24, 2.45) is 0 Å². The van der Waals surface area contributed by atoms with Gasteiger partial charge < -0.3 is 14.3 Å². The topological polar surface area (TPSA) is 41.9 Å². The Morgan fingerprint density at radius 2 is 1.42 bits per heavy atom. The highest BCUT2D eigenvalue weighted by Gasteiger charge is 2.47. The second-order valence-corrected chi connectivity index (χ2v) is 19.5. The van der Waals surface area contributed by atoms with E-state index in [0.717, 1.165) is 35.8 Å². The number of phenolic OH excluding ortho intramolecular Hbond substituents is 1. The van der Waals surface area contributed by atoms with Crippen molar-refractivity contribution >= 4 is 29.7 Å². The summed E-state index contributed by atoms with van der Waals surface area (Å²) < 4.78 is 14.1. The quantitative estimate of drug-likeness (QED) is 0.161. The Labute approximate surface area is 263 Å². The Kier molecular flexibility index (Phi) is 10.2. The molecule has 6 heteroatoms. The lowest BCUT2D eigenvalue weighted by molar-refractivity contribution is 0.183. The number of nitrogens with zero attached hydrogens (tertiary/aromatic N) is 1. The van der Waals surface area contributed by atoms with Crippen molar-refractivity contribution in [3.63, 3.8) is 0 Å². The van der Waals surface area contributed by atoms with Crippen molar-refractivity contribution in [2.75, 3.05) is 26.2 Å². The van der Waals surface area contributed by atoms with Gasteiger partial charge >= 0.3 is 0 Å². The first-order chi connectivity index (χ1) is 20.7. The highest BCUT2D eigenvalue weighted by Crippen LogP contribution is 2.44. The van der Waals surface area contributed by atoms with Crippen molar-refractivity contribution in [1.82, 2.24) is 4.90 Å². The second kappa shape index (κ2) is 13.9. The van der Waals surface area contributed by atoms with Gasteiger partial charge in [-0.25, -0.2) is 0 Å². The summed E-state index contributed by atoms with van der Waals surface area (Å²) in [5, 5.41) is 11.4. The number of phenols is 1. The minimum Gasteiger partial charge on any atom is -0.543 e. The fourth-order valence-corrected chi connectivity index (χ4v) is 13.7. The fraction of sp³-hybridized carbons (Fsp3) is 0.459. The van der Waals surface area contributed by atoms with Gasteiger partial charge in [-0.15, -0.1) is 11.3 Å². The van der Waals surface area contributed by atoms with E-state index in [2.05, 4.69) is 101 Å². The van der Waals surface area contributed by atoms with E-state index in [1.807, 2.05) is 6.07 Å². The van der Waals surface area contributed by atoms with E-state index in [1.165, 1.54) is 59.3 Å². The first-order valence-corrected chi connectivity index (χ1v) is 19.1. The number of fused-ring (bicyclic) bond motifs is 1. The number of hydrogen-bond acceptors (Lipinski definition) is 5. The lowest BCUT2D eigenvalue weighted by Crippen LogP contribution is -2.50. The number of hydrogen-bond donors (Lipinski definition) is 1. The van der Waals surface area contributed by atoms with Crippen molar-refractivity contribution in [3.05, 3.63) is 77.9 Å². The Morgan fingerprint density at radius 1 is 0.791 bits per heavy atom. The highest BCUT2D eigenvalue weighted by atomic mass is 32.1. The molecule has 0 saturated carbocycles. The van der Waals surface area contributed by atoms with Gasteiger partial charge in [0, 0.05) is 16.1 Å². The molecule has 0 amide bonds. The van der Waals surface area contributed by atoms with Crippen LogP contribution in [0.5, 0.6) is 17.2 Å². The largest absolute Gasteiger partial charge is 0.543 e. The third-order valence-corrected chi connectivity index (χ3v) is 16.6. The van der Waals surface area contributed by atoms with Crippen LogP contribution in [0.3, 0.4) is 0 Å². The molecule has 1 fully saturated rings. The number of thiophene rings is 1. The Morgan fingerprint density at radius 3 is 2.05 bits per heavy atom. The van der Waals surface area contributed by atoms with Gasteiger partial charge in [0.05, 0.1) is 0 Å². The van der Waals surface area contributed by atoms with Gasteiger partial charge in [0.25, 0.3) is 8.32 Å². The van der Waals surface area contributed by atoms with Crippen LogP contribution < -0.4 is 9.16 Å². The Balaban J connectivity index is 1.35. The predicted molar refractivity (Wildman–Crippen MR) is 186 cm³/mol. The molecule has 3 aromatic carbocycles. The highest BCUT2D eigenvalue weighted by molar-refractivity contribution is 7.22. The average Bonchev–Trinajstić information content (AvgIpc) is 3.34. The molecule has 4 aromatic rings. The summed E-state index contributed by atoms with van der Waals surface area (Å²) in [6.07, 6.45) is 4.78. The monoisotopic (exact) mass is 615 g/mol. The summed E-state index contributed by atoms with van der Waals surface area (Å²) in [6.45, 7) is 18.1. The maximum Gasteiger partial charge on any atom is 0.258 e. The standard InChI is InChI=1S/C37H49NO3SSi/c1-26(2)43(27(3)4,28(5)6)41-33-15-10-29(11-16-33)24-35-34-19-14-31(39)25-36(34)42-37(35)30-12-17-32(18-13-30)40-23-22-38-20-8-7-9-21-38/h10-19,25-28,39H,7-9,20-24H2,1-6H3. The molecule has 1 N–H and O–H groups in total. The van der Waals surface area contributed by atoms with Gasteiger partial charge in [-0.2, -0.15) is 0 Å². The summed E-state index contributed by atoms with van der Waals surface area (Å²) in [5.41, 5.74) is 5.34. The van der Waals surface area contributed by atoms with Crippen LogP contribution in [0.2, 0.25) is 16.6 Å². The van der Waals surface area contributed by atoms with E-state index < -0.39 is 8.32 Å². The van der Waals surface area contributed by atoms with Gasteiger partial charge in [-0.05, 0) is 126 Å². The van der Waals surface area contributed by atoms with Crippen LogP contribution in [0.25, 0.3) is 20.5 Å². The summed E-state index contributed by atoms with van der Waals surface area (Å²) in [4.78, 5) is 3.75. The van der Waals surface area contributed by atoms with Crippen LogP contribution >= 0.6 is 11.3 Å². The zero-order valence-corrected chi connectivity index (χ0v) is 28.7. The van der Waals surface area contributed by atoms with E-state index in [4.69, 9.17) is 9.16 Å². The predicted octanol–water partition coefficient (Wildman–Crippen LogP) is 10.3. The summed E-state index contributed by atoms with van der Waals surface area (Å²) in [5.74, 6) is 2.21. The number of likely N-dealkylation sites (tertiary alicyclic amines) is 1. The summed E-state index contributed by atoms with van der Waals surface area (Å²) in [7, 11) is -2.00. The lowest BCUT2D eigenvalue weighted by Gasteiger charge is -2.42. The molecule has 0 radical (unpaired) electrons. The van der Waals surface area contributed by atoms with E-state index in [9.17, 15) is 5.11 Å². The SMILES string of the molecule is CC(C)[Si](Oc1ccc(Cc2c(-c3ccc(OCCN4CCCCC4)cc3)sc3cc(O)ccc23)cc1)(C(C)C)C(C)C. The number of benzene rings is 3. The zero-order valence-electron chi connectivity index (χ0n) is 26.9. The van der Waals surface area contributed by atoms with Gasteiger partial charge in [-0.1, -0.05) is 60.1 Å². The normalized spacial score (nSPS) is 14.7. The van der Waals surface area contributed by atoms with Crippen LogP contribution in [0, 0.1) is 0 Å². The van der Waals surface area contributed by atoms with Crippen molar-refractivity contribution in [1.29, 1.82) is 0 Å². The van der Waals surface area contributed by atoms with Crippen LogP contribution in [-0.2, 0) is 6.42 Å². The van der Waals surface area contributed by atoms with Crippen LogP contribution in [0.1, 0.15) is 71.9 Å². The van der Waals surface area contributed by atoms with E-state index >= 15 is 0 Å². The molecule has 1 saturated heterocycles. The molecular weight excluding hydrogens is 567 g/mol. The molecule has 43 heavy (non-hydrogen) atoms. The molecule has 0 unspecified atom stereocenters. The molecule has 1 aliphatic heterocycles. The minimum atomic E-state index is -2.00. The molecule has 0 spiro atoms. The van der Waals surface area contributed by atoms with Gasteiger partial charge in [0.2, 0.25) is 0 Å². The molecule has 230 valence electrons. The molecule has 5 rings (SSSR count). The first-order valence-electron chi connectivity index (χ1n) is 16.1. The number of aromatic hydroxyl groups is 1. The molecule has 0 atom stereocenters. The molecule has 4 nitrogen and oxygen atoms in total. The Bertz CT molecular complexity index is 1450. The smallest absolute Gasteiger partial charge is 0.258 e. The Hall–Kier alpha value is -2.80. The molecule has 0 bridgehead atoms. The third kappa shape index (κ3) is 7.13. The van der Waals surface area contributed by atoms with Crippen LogP contribution in [0.15, 0.2) is 66.7 Å². The van der Waals surface area contributed by atoms with Crippen LogP contribution in [-0.4, -0.2) is 44.6 Å².